The van der Waals surface area contributed by atoms with Gasteiger partial charge in [0.05, 0.1) is 27.0 Å². The highest BCUT2D eigenvalue weighted by Crippen LogP contribution is 2.39. The number of nitrogens with zero attached hydrogens (tertiary/aromatic N) is 2. The molecule has 0 spiro atoms. The lowest BCUT2D eigenvalue weighted by Gasteiger charge is -2.29. The van der Waals surface area contributed by atoms with Crippen molar-refractivity contribution in [3.05, 3.63) is 17.7 Å². The molecule has 23 heavy (non-hydrogen) atoms. The molecule has 124 valence electrons. The maximum atomic E-state index is 13.0. The molecule has 0 fully saturated rings. The van der Waals surface area contributed by atoms with E-state index in [1.807, 2.05) is 13.8 Å². The molecule has 1 heterocycles. The van der Waals surface area contributed by atoms with Crippen LogP contribution in [0.4, 0.5) is 0 Å². The maximum Gasteiger partial charge on any atom is 0.261 e. The number of hydrogen-bond acceptors (Lipinski definition) is 6. The van der Waals surface area contributed by atoms with Crippen LogP contribution in [-0.2, 0) is 0 Å². The van der Waals surface area contributed by atoms with Crippen LogP contribution in [0, 0.1) is 0 Å². The van der Waals surface area contributed by atoms with Crippen molar-refractivity contribution in [3.8, 4) is 17.2 Å². The number of hydrogen-bond donors (Lipinski definition) is 0. The van der Waals surface area contributed by atoms with Gasteiger partial charge in [-0.05, 0) is 32.9 Å². The van der Waals surface area contributed by atoms with Crippen LogP contribution in [0.15, 0.2) is 17.1 Å². The van der Waals surface area contributed by atoms with Crippen LogP contribution in [0.2, 0.25) is 0 Å². The number of thiocarbonyl (C=S) groups is 1. The molecule has 1 aliphatic rings. The van der Waals surface area contributed by atoms with E-state index in [0.717, 1.165) is 0 Å². The van der Waals surface area contributed by atoms with Gasteiger partial charge in [0.15, 0.2) is 11.5 Å². The summed E-state index contributed by atoms with van der Waals surface area (Å²) >= 11 is 5.35. The Morgan fingerprint density at radius 2 is 1.65 bits per heavy atom. The molecule has 2 rings (SSSR count). The van der Waals surface area contributed by atoms with Crippen LogP contribution >= 0.6 is 12.2 Å². The van der Waals surface area contributed by atoms with Crippen LogP contribution < -0.4 is 14.2 Å². The number of carbonyl (C=O) groups is 1. The summed E-state index contributed by atoms with van der Waals surface area (Å²) in [6.07, 6.45) is 0. The summed E-state index contributed by atoms with van der Waals surface area (Å²) in [4.78, 5) is 19.3. The van der Waals surface area contributed by atoms with Gasteiger partial charge in [0.2, 0.25) is 5.75 Å². The minimum atomic E-state index is -0.724. The third-order valence-corrected chi connectivity index (χ3v) is 4.09. The van der Waals surface area contributed by atoms with Gasteiger partial charge in [-0.2, -0.15) is 0 Å². The molecule has 1 aliphatic heterocycles. The highest BCUT2D eigenvalue weighted by atomic mass is 32.1. The Labute approximate surface area is 141 Å². The first-order chi connectivity index (χ1) is 10.8. The highest BCUT2D eigenvalue weighted by molar-refractivity contribution is 7.82. The van der Waals surface area contributed by atoms with Gasteiger partial charge in [-0.1, -0.05) is 12.2 Å². The standard InChI is InChI=1S/C16H20N2O4S/c1-9-15(23)18(16(2,3)17-9)14(19)10-7-11(20-4)13(22-6)12(8-10)21-5/h7-8H,1-6H3. The number of rotatable bonds is 4. The van der Waals surface area contributed by atoms with Gasteiger partial charge in [0.1, 0.15) is 10.7 Å². The Bertz CT molecular complexity index is 672. The van der Waals surface area contributed by atoms with Crippen molar-refractivity contribution in [2.45, 2.75) is 26.4 Å². The summed E-state index contributed by atoms with van der Waals surface area (Å²) in [6.45, 7) is 5.48. The predicted octanol–water partition coefficient (Wildman–Crippen LogP) is 2.69. The lowest BCUT2D eigenvalue weighted by molar-refractivity contribution is 0.0757. The summed E-state index contributed by atoms with van der Waals surface area (Å²) in [5.41, 5.74) is 0.337. The lowest BCUT2D eigenvalue weighted by atomic mass is 10.1. The molecule has 0 bridgehead atoms. The lowest BCUT2D eigenvalue weighted by Crippen LogP contribution is -2.46. The smallest absolute Gasteiger partial charge is 0.261 e. The van der Waals surface area contributed by atoms with E-state index in [1.165, 1.54) is 26.2 Å². The van der Waals surface area contributed by atoms with E-state index < -0.39 is 5.66 Å². The number of amides is 1. The molecule has 7 heteroatoms. The number of ether oxygens (including phenoxy) is 3. The van der Waals surface area contributed by atoms with E-state index in [9.17, 15) is 4.79 Å². The van der Waals surface area contributed by atoms with Crippen LogP contribution in [0.25, 0.3) is 0 Å². The largest absolute Gasteiger partial charge is 0.493 e. The van der Waals surface area contributed by atoms with Crippen molar-refractivity contribution >= 4 is 28.8 Å². The van der Waals surface area contributed by atoms with Crippen LogP contribution in [-0.4, -0.2) is 48.5 Å². The summed E-state index contributed by atoms with van der Waals surface area (Å²) in [6, 6.07) is 3.21. The average Bonchev–Trinajstić information content (AvgIpc) is 2.72. The molecular weight excluding hydrogens is 316 g/mol. The van der Waals surface area contributed by atoms with Gasteiger partial charge < -0.3 is 14.2 Å². The van der Waals surface area contributed by atoms with Gasteiger partial charge >= 0.3 is 0 Å². The minimum absolute atomic E-state index is 0.264. The Kier molecular flexibility index (Phi) is 4.61. The fourth-order valence-electron chi connectivity index (χ4n) is 2.59. The molecule has 0 aromatic heterocycles. The SMILES string of the molecule is COc1cc(C(=O)N2C(=S)C(C)=NC2(C)C)cc(OC)c1OC. The van der Waals surface area contributed by atoms with Gasteiger partial charge in [-0.3, -0.25) is 14.7 Å². The van der Waals surface area contributed by atoms with E-state index in [2.05, 4.69) is 4.99 Å². The number of aliphatic imine (C=N–C) groups is 1. The van der Waals surface area contributed by atoms with Crippen molar-refractivity contribution in [1.82, 2.24) is 4.90 Å². The van der Waals surface area contributed by atoms with Gasteiger partial charge in [0.25, 0.3) is 5.91 Å². The van der Waals surface area contributed by atoms with Crippen LogP contribution in [0.1, 0.15) is 31.1 Å². The molecule has 0 radical (unpaired) electrons. The Morgan fingerprint density at radius 1 is 1.13 bits per heavy atom. The molecule has 0 atom stereocenters. The molecule has 1 aromatic rings. The minimum Gasteiger partial charge on any atom is -0.493 e. The molecule has 1 aromatic carbocycles. The van der Waals surface area contributed by atoms with Crippen LogP contribution in [0.5, 0.6) is 17.2 Å². The van der Waals surface area contributed by atoms with E-state index >= 15 is 0 Å². The second kappa shape index (κ2) is 6.16. The third kappa shape index (κ3) is 2.88. The average molecular weight is 336 g/mol. The summed E-state index contributed by atoms with van der Waals surface area (Å²) < 4.78 is 15.9. The zero-order valence-electron chi connectivity index (χ0n) is 14.1. The Balaban J connectivity index is 2.50. The molecule has 0 saturated heterocycles. The third-order valence-electron chi connectivity index (χ3n) is 3.62. The normalized spacial score (nSPS) is 16.2. The summed E-state index contributed by atoms with van der Waals surface area (Å²) in [5.74, 6) is 0.994. The second-order valence-electron chi connectivity index (χ2n) is 5.55. The molecule has 0 saturated carbocycles. The first-order valence-corrected chi connectivity index (χ1v) is 7.43. The van der Waals surface area contributed by atoms with Crippen LogP contribution in [0.3, 0.4) is 0 Å². The maximum absolute atomic E-state index is 13.0. The predicted molar refractivity (Wildman–Crippen MR) is 92.1 cm³/mol. The molecule has 0 aliphatic carbocycles. The number of benzene rings is 1. The number of methoxy groups -OCH3 is 3. The Morgan fingerprint density at radius 3 is 2.00 bits per heavy atom. The first kappa shape index (κ1) is 17.2. The zero-order valence-corrected chi connectivity index (χ0v) is 14.9. The number of carbonyl (C=O) groups excluding carboxylic acids is 1. The van der Waals surface area contributed by atoms with E-state index in [0.29, 0.717) is 33.5 Å². The van der Waals surface area contributed by atoms with Gasteiger partial charge in [-0.25, -0.2) is 0 Å². The quantitative estimate of drug-likeness (QED) is 0.791. The fourth-order valence-corrected chi connectivity index (χ4v) is 2.94. The molecular formula is C16H20N2O4S. The fraction of sp³-hybridized carbons (Fsp3) is 0.438. The van der Waals surface area contributed by atoms with Crippen molar-refractivity contribution in [2.75, 3.05) is 21.3 Å². The monoisotopic (exact) mass is 336 g/mol. The summed E-state index contributed by atoms with van der Waals surface area (Å²) in [5, 5.41) is 0. The second-order valence-corrected chi connectivity index (χ2v) is 5.94. The topological polar surface area (TPSA) is 60.4 Å². The summed E-state index contributed by atoms with van der Waals surface area (Å²) in [7, 11) is 4.52. The van der Waals surface area contributed by atoms with E-state index in [-0.39, 0.29) is 5.91 Å². The van der Waals surface area contributed by atoms with Crippen molar-refractivity contribution < 1.29 is 19.0 Å². The zero-order chi connectivity index (χ0) is 17.4. The molecule has 1 amide bonds. The van der Waals surface area contributed by atoms with E-state index in [1.54, 1.807) is 19.1 Å². The first-order valence-electron chi connectivity index (χ1n) is 7.02. The molecule has 0 unspecified atom stereocenters. The van der Waals surface area contributed by atoms with Crippen molar-refractivity contribution in [2.24, 2.45) is 4.99 Å². The van der Waals surface area contributed by atoms with Crippen molar-refractivity contribution in [3.63, 3.8) is 0 Å². The van der Waals surface area contributed by atoms with E-state index in [4.69, 9.17) is 26.4 Å². The molecule has 0 N–H and O–H groups in total. The van der Waals surface area contributed by atoms with Gasteiger partial charge in [0, 0.05) is 5.56 Å². The Hall–Kier alpha value is -2.15. The molecule has 6 nitrogen and oxygen atoms in total. The van der Waals surface area contributed by atoms with Crippen molar-refractivity contribution in [1.29, 1.82) is 0 Å². The van der Waals surface area contributed by atoms with Gasteiger partial charge in [-0.15, -0.1) is 0 Å². The highest BCUT2D eigenvalue weighted by Gasteiger charge is 2.40.